The number of aliphatic hydroxyl groups is 1. The summed E-state index contributed by atoms with van der Waals surface area (Å²) in [5.41, 5.74) is 0. The van der Waals surface area contributed by atoms with Gasteiger partial charge in [-0.25, -0.2) is 0 Å². The van der Waals surface area contributed by atoms with Gasteiger partial charge in [-0.3, -0.25) is 0 Å². The molecule has 0 bridgehead atoms. The van der Waals surface area contributed by atoms with Crippen molar-refractivity contribution in [1.29, 1.82) is 0 Å². The van der Waals surface area contributed by atoms with Crippen LogP contribution >= 0.6 is 0 Å². The third-order valence-corrected chi connectivity index (χ3v) is 0.698. The van der Waals surface area contributed by atoms with Crippen LogP contribution in [0.2, 0.25) is 0 Å². The molecule has 0 saturated heterocycles. The van der Waals surface area contributed by atoms with Gasteiger partial charge < -0.3 is 5.11 Å². The summed E-state index contributed by atoms with van der Waals surface area (Å²) in [5, 5.41) is 8.24. The molecule has 0 atom stereocenters. The topological polar surface area (TPSA) is 20.2 Å². The average Bonchev–Trinajstić information content (AvgIpc) is 1.69. The van der Waals surface area contributed by atoms with Crippen molar-refractivity contribution in [3.8, 4) is 0 Å². The van der Waals surface area contributed by atoms with E-state index < -0.39 is 0 Å². The molecule has 0 heterocycles. The number of allylic oxidation sites excluding steroid dienone is 1. The van der Waals surface area contributed by atoms with Crippen LogP contribution in [-0.4, -0.2) is 39.0 Å². The van der Waals surface area contributed by atoms with Gasteiger partial charge >= 0.3 is 27.3 Å². The van der Waals surface area contributed by atoms with E-state index in [1.54, 1.807) is 0 Å². The molecule has 0 unspecified atom stereocenters. The Kier molecular flexibility index (Phi) is 15.1. The van der Waals surface area contributed by atoms with Crippen LogP contribution in [0.15, 0.2) is 12.2 Å². The van der Waals surface area contributed by atoms with E-state index in [0.717, 1.165) is 12.8 Å². The van der Waals surface area contributed by atoms with E-state index in [1.165, 1.54) is 0 Å². The van der Waals surface area contributed by atoms with Crippen LogP contribution in [0.3, 0.4) is 0 Å². The molecule has 0 aromatic heterocycles. The van der Waals surface area contributed by atoms with Crippen LogP contribution < -0.4 is 0 Å². The van der Waals surface area contributed by atoms with E-state index in [9.17, 15) is 0 Å². The van der Waals surface area contributed by atoms with Gasteiger partial charge in [-0.05, 0) is 12.8 Å². The van der Waals surface area contributed by atoms with Crippen molar-refractivity contribution < 1.29 is 5.11 Å². The van der Waals surface area contributed by atoms with Gasteiger partial charge in [0.15, 0.2) is 0 Å². The fourth-order valence-electron chi connectivity index (χ4n) is 0.359. The summed E-state index contributed by atoms with van der Waals surface area (Å²) in [5.74, 6) is 0. The summed E-state index contributed by atoms with van der Waals surface area (Å²) in [7, 11) is 0. The molecule has 0 aromatic rings. The second-order valence-corrected chi connectivity index (χ2v) is 1.39. The van der Waals surface area contributed by atoms with Gasteiger partial charge in [0.2, 0.25) is 0 Å². The molecule has 0 aliphatic heterocycles. The van der Waals surface area contributed by atoms with Crippen molar-refractivity contribution in [1.82, 2.24) is 0 Å². The predicted octanol–water partition coefficient (Wildman–Crippen LogP) is 0.419. The Morgan fingerprint density at radius 2 is 2.00 bits per heavy atom. The van der Waals surface area contributed by atoms with E-state index in [4.69, 9.17) is 5.11 Å². The van der Waals surface area contributed by atoms with Crippen molar-refractivity contribution in [2.24, 2.45) is 0 Å². The third-order valence-electron chi connectivity index (χ3n) is 0.698. The summed E-state index contributed by atoms with van der Waals surface area (Å²) in [6.07, 6.45) is 5.91. The molecule has 2 radical (unpaired) electrons. The Hall–Kier alpha value is 0.622. The Bertz CT molecular complexity index is 52.5. The first-order chi connectivity index (χ1) is 3.41. The minimum atomic E-state index is 0. The van der Waals surface area contributed by atoms with Crippen molar-refractivity contribution in [3.05, 3.63) is 12.2 Å². The molecule has 0 aliphatic rings. The van der Waals surface area contributed by atoms with Crippen LogP contribution in [0.5, 0.6) is 0 Å². The predicted molar refractivity (Wildman–Crippen MR) is 39.7 cm³/mol. The molecule has 48 valence electrons. The Labute approximate surface area is 71.0 Å². The third kappa shape index (κ3) is 9.80. The maximum absolute atomic E-state index is 8.24. The van der Waals surface area contributed by atoms with E-state index in [2.05, 4.69) is 13.0 Å². The van der Waals surface area contributed by atoms with Gasteiger partial charge in [-0.15, -0.1) is 0 Å². The zero-order valence-electron chi connectivity index (χ0n) is 5.43. The summed E-state index contributed by atoms with van der Waals surface area (Å²) in [6, 6.07) is 0. The number of rotatable bonds is 3. The fraction of sp³-hybridized carbons (Fsp3) is 0.667. The first-order valence-corrected chi connectivity index (χ1v) is 2.67. The average molecular weight is 309 g/mol. The minimum absolute atomic E-state index is 0. The summed E-state index contributed by atoms with van der Waals surface area (Å²) in [6.45, 7) is 2.35. The van der Waals surface area contributed by atoms with Crippen LogP contribution in [0.4, 0.5) is 0 Å². The maximum atomic E-state index is 8.24. The van der Waals surface area contributed by atoms with Crippen molar-refractivity contribution in [2.45, 2.75) is 19.8 Å². The van der Waals surface area contributed by atoms with Crippen molar-refractivity contribution >= 4 is 27.3 Å². The molecule has 2 heteroatoms. The molecule has 0 aromatic carbocycles. The van der Waals surface area contributed by atoms with Gasteiger partial charge in [-0.1, -0.05) is 19.1 Å². The number of hydrogen-bond acceptors (Lipinski definition) is 1. The molecule has 0 spiro atoms. The van der Waals surface area contributed by atoms with Crippen LogP contribution in [-0.2, 0) is 0 Å². The zero-order chi connectivity index (χ0) is 5.54. The quantitative estimate of drug-likeness (QED) is 0.592. The van der Waals surface area contributed by atoms with E-state index >= 15 is 0 Å². The number of aliphatic hydroxyl groups excluding tert-OH is 1. The fourth-order valence-corrected chi connectivity index (χ4v) is 0.359. The van der Waals surface area contributed by atoms with Gasteiger partial charge in [0, 0.05) is 6.61 Å². The van der Waals surface area contributed by atoms with Crippen molar-refractivity contribution in [3.63, 3.8) is 0 Å². The summed E-state index contributed by atoms with van der Waals surface area (Å²) in [4.78, 5) is 0. The van der Waals surface area contributed by atoms with Gasteiger partial charge in [0.1, 0.15) is 0 Å². The molecular weight excluding hydrogens is 295 g/mol. The molecule has 0 rings (SSSR count). The van der Waals surface area contributed by atoms with E-state index in [-0.39, 0.29) is 33.9 Å². The molecular formula is C6H14OPb. The molecule has 0 saturated carbocycles. The molecule has 0 aliphatic carbocycles. The first-order valence-electron chi connectivity index (χ1n) is 2.67. The van der Waals surface area contributed by atoms with Gasteiger partial charge in [0.25, 0.3) is 0 Å². The Morgan fingerprint density at radius 1 is 1.38 bits per heavy atom. The monoisotopic (exact) mass is 310 g/mol. The van der Waals surface area contributed by atoms with E-state index in [1.807, 2.05) is 6.08 Å². The first kappa shape index (κ1) is 11.4. The Balaban J connectivity index is 0. The number of hydrogen-bond donors (Lipinski definition) is 1. The molecule has 0 amide bonds. The SMILES string of the molecule is CC/C=C\CCO.[PbH2]. The van der Waals surface area contributed by atoms with Gasteiger partial charge in [-0.2, -0.15) is 0 Å². The van der Waals surface area contributed by atoms with Gasteiger partial charge in [0.05, 0.1) is 0 Å². The van der Waals surface area contributed by atoms with Crippen molar-refractivity contribution in [2.75, 3.05) is 6.61 Å². The summed E-state index contributed by atoms with van der Waals surface area (Å²) >= 11 is 0. The van der Waals surface area contributed by atoms with E-state index in [0.29, 0.717) is 0 Å². The summed E-state index contributed by atoms with van der Waals surface area (Å²) < 4.78 is 0. The molecule has 0 fully saturated rings. The zero-order valence-corrected chi connectivity index (χ0v) is 10.9. The van der Waals surface area contributed by atoms with Crippen LogP contribution in [0.1, 0.15) is 19.8 Å². The standard InChI is InChI=1S/C6H12O.Pb.2H/c1-2-3-4-5-6-7;;;/h3-4,7H,2,5-6H2,1H3;;;/b4-3-;;;. The van der Waals surface area contributed by atoms with Crippen LogP contribution in [0.25, 0.3) is 0 Å². The molecule has 8 heavy (non-hydrogen) atoms. The normalized spacial score (nSPS) is 9.25. The second kappa shape index (κ2) is 10.6. The Morgan fingerprint density at radius 3 is 2.38 bits per heavy atom. The van der Waals surface area contributed by atoms with Crippen LogP contribution in [0, 0.1) is 0 Å². The molecule has 1 nitrogen and oxygen atoms in total. The second-order valence-electron chi connectivity index (χ2n) is 1.39. The molecule has 1 N–H and O–H groups in total.